The van der Waals surface area contributed by atoms with E-state index in [1.807, 2.05) is 29.0 Å². The first kappa shape index (κ1) is 86.5. The van der Waals surface area contributed by atoms with Crippen molar-refractivity contribution in [3.8, 4) is 5.75 Å². The Bertz CT molecular complexity index is 4320. The Kier molecular flexibility index (Phi) is 27.1. The van der Waals surface area contributed by atoms with Crippen molar-refractivity contribution >= 4 is 95.6 Å². The molecule has 22 bridgehead atoms. The van der Waals surface area contributed by atoms with Crippen LogP contribution in [0, 0.1) is 0 Å². The molecule has 7 aromatic rings. The fourth-order valence-corrected chi connectivity index (χ4v) is 20.0. The molecule has 118 heavy (non-hydrogen) atoms. The molecule has 35 unspecified atom stereocenters. The third-order valence-electron chi connectivity index (χ3n) is 22.7. The van der Waals surface area contributed by atoms with Gasteiger partial charge >= 0.3 is 0 Å². The van der Waals surface area contributed by atoms with Gasteiger partial charge < -0.3 is 184 Å². The Hall–Kier alpha value is -5.02. The van der Waals surface area contributed by atoms with Crippen molar-refractivity contribution in [2.45, 2.75) is 246 Å². The van der Waals surface area contributed by atoms with E-state index in [-0.39, 0.29) is 41.9 Å². The number of hydrogen-bond acceptors (Lipinski definition) is 43. The molecule has 26 heterocycles. The van der Waals surface area contributed by atoms with Crippen LogP contribution in [0.4, 0.5) is 17.1 Å². The Morgan fingerprint density at radius 2 is 0.669 bits per heavy atom. The van der Waals surface area contributed by atoms with Crippen LogP contribution in [0.5, 0.6) is 5.75 Å². The minimum absolute atomic E-state index is 0.157. The number of aliphatic hydroxyl groups is 19. The van der Waals surface area contributed by atoms with Gasteiger partial charge in [-0.05, 0) is 52.1 Å². The van der Waals surface area contributed by atoms with Crippen LogP contribution in [0.1, 0.15) is 27.0 Å². The van der Waals surface area contributed by atoms with E-state index in [0.717, 1.165) is 54.9 Å². The predicted octanol–water partition coefficient (Wildman–Crippen LogP) is -4.68. The second-order valence-corrected chi connectivity index (χ2v) is 34.3. The number of aromatic nitrogens is 2. The monoisotopic (exact) mass is 1740 g/mol. The van der Waals surface area contributed by atoms with Gasteiger partial charge in [0.1, 0.15) is 174 Å². The molecule has 0 spiro atoms. The quantitative estimate of drug-likeness (QED) is 0.0636. The lowest BCUT2D eigenvalue weighted by Crippen LogP contribution is -2.68. The number of aromatic hydroxyl groups is 1. The SMILES string of the molecule is OCC1OC2OC3C(CO)OC(OC4C5CSCc6csc(n6)CNc6cc(c7ccc8cc(NCc9ccc(O)cc9)cc9ccc6c7c98)NCc6nc(cs6)CSCC6OC(OC7C(CO)OC(OC1C(O)C2O)C(O)C7O)C(O)C(O)C6OC1OC(CO)C(OC2OC(CO)C(OC(O5)C(O)C4O)C(O)C2O)C(O)C1O)C(O)C3O. The zero-order chi connectivity index (χ0) is 82.8. The number of thioether (sulfide) groups is 2. The summed E-state index contributed by atoms with van der Waals surface area (Å²) in [5.41, 5.74) is 4.51. The predicted molar refractivity (Wildman–Crippen MR) is 411 cm³/mol. The van der Waals surface area contributed by atoms with Gasteiger partial charge in [0.2, 0.25) is 0 Å². The Labute approximate surface area is 687 Å². The smallest absolute Gasteiger partial charge is 0.187 e. The molecule has 21 saturated heterocycles. The van der Waals surface area contributed by atoms with Gasteiger partial charge in [-0.25, -0.2) is 9.97 Å². The number of rotatable bonds is 8. The Morgan fingerprint density at radius 1 is 0.356 bits per heavy atom. The van der Waals surface area contributed by atoms with Gasteiger partial charge in [0.15, 0.2) is 44.0 Å². The highest BCUT2D eigenvalue weighted by Crippen LogP contribution is 2.46. The maximum atomic E-state index is 12.3. The van der Waals surface area contributed by atoms with E-state index in [9.17, 15) is 102 Å². The number of ether oxygens (including phenoxy) is 14. The number of anilines is 3. The highest BCUT2D eigenvalue weighted by Gasteiger charge is 2.60. The average Bonchev–Trinajstić information content (AvgIpc) is 0.758. The molecule has 39 nitrogen and oxygen atoms in total. The third-order valence-corrected chi connectivity index (χ3v) is 26.6. The fourth-order valence-electron chi connectivity index (χ4n) is 16.4. The molecule has 35 atom stereocenters. The minimum Gasteiger partial charge on any atom is -0.508 e. The molecule has 0 amide bonds. The topological polar surface area (TPSA) is 596 Å². The lowest BCUT2D eigenvalue weighted by molar-refractivity contribution is -0.395. The van der Waals surface area contributed by atoms with Crippen LogP contribution in [0.2, 0.25) is 0 Å². The van der Waals surface area contributed by atoms with Gasteiger partial charge in [-0.3, -0.25) is 0 Å². The van der Waals surface area contributed by atoms with Gasteiger partial charge in [0.05, 0.1) is 69.7 Å². The summed E-state index contributed by atoms with van der Waals surface area (Å²) in [7, 11) is 0. The van der Waals surface area contributed by atoms with Crippen molar-refractivity contribution in [1.29, 1.82) is 0 Å². The molecular formula is C75H95N5O34S4. The van der Waals surface area contributed by atoms with E-state index in [1.54, 1.807) is 12.1 Å². The molecule has 648 valence electrons. The van der Waals surface area contributed by atoms with E-state index < -0.39 is 248 Å². The van der Waals surface area contributed by atoms with Crippen LogP contribution >= 0.6 is 46.2 Å². The van der Waals surface area contributed by atoms with Crippen molar-refractivity contribution in [2.75, 3.05) is 60.5 Å². The van der Waals surface area contributed by atoms with Crippen LogP contribution in [-0.4, -0.2) is 372 Å². The number of phenols is 1. The lowest BCUT2D eigenvalue weighted by Gasteiger charge is -2.50. The molecule has 31 rings (SSSR count). The van der Waals surface area contributed by atoms with E-state index in [0.29, 0.717) is 27.9 Å². The molecule has 0 radical (unpaired) electrons. The van der Waals surface area contributed by atoms with E-state index in [2.05, 4.69) is 52.3 Å². The molecule has 5 aromatic carbocycles. The number of benzene rings is 5. The molecule has 43 heteroatoms. The number of nitrogens with zero attached hydrogens (tertiary/aromatic N) is 2. The molecule has 0 saturated carbocycles. The summed E-state index contributed by atoms with van der Waals surface area (Å²) in [5, 5.41) is 253. The maximum absolute atomic E-state index is 12.3. The normalized spacial score (nSPS) is 41.4. The number of nitrogens with one attached hydrogen (secondary N) is 3. The fraction of sp³-hybridized carbons (Fsp3) is 0.627. The van der Waals surface area contributed by atoms with Gasteiger partial charge in [-0.15, -0.1) is 22.7 Å². The minimum atomic E-state index is -2.22. The largest absolute Gasteiger partial charge is 0.508 e. The third kappa shape index (κ3) is 17.4. The molecule has 2 aromatic heterocycles. The van der Waals surface area contributed by atoms with Crippen molar-refractivity contribution in [1.82, 2.24) is 9.97 Å². The maximum Gasteiger partial charge on any atom is 0.187 e. The van der Waals surface area contributed by atoms with E-state index in [1.165, 1.54) is 46.2 Å². The zero-order valence-corrected chi connectivity index (χ0v) is 65.7. The number of phenolic OH excluding ortho intramolecular Hbond substituents is 1. The molecule has 24 aliphatic rings. The summed E-state index contributed by atoms with van der Waals surface area (Å²) in [6.07, 6.45) is -69.5. The summed E-state index contributed by atoms with van der Waals surface area (Å²) in [4.78, 5) is 9.94. The summed E-state index contributed by atoms with van der Waals surface area (Å²) in [6, 6.07) is 21.4. The van der Waals surface area contributed by atoms with Crippen molar-refractivity contribution < 1.29 is 168 Å². The van der Waals surface area contributed by atoms with Crippen LogP contribution < -0.4 is 16.0 Å². The highest BCUT2D eigenvalue weighted by molar-refractivity contribution is 7.98. The standard InChI is InChI=1S/C75H95N5O34S4/c81-15-37-62-48(87)55(94)69(101-37)109-63-38(16-82)104-72(58(97)51(63)90)113-67-42-24-115-20-30-22-117-44(79-30)13-77-35-11-36(34-8-4-28-10-29(76-12-26-1-5-32(86)6-2-26)9-27-3-7-33(35)47(34)46(27)28)78-14-45-80-31(23-118-45)21-116-25-43-68(53(92)60(99)74(106-43)111-65-40(18-84)102-70(108-62)56(95)49(65)88)114-73-59(98)52(91)64(39(17-83)105-73)110-71-57(96)50(89)66(41(19-85)103-71)112-75(107-42)61(100)54(67)93/h1-11,22-23,37-43,48-78,81-100H,12-21,24-25H2. The number of hydrogen-bond donors (Lipinski definition) is 23. The second-order valence-electron chi connectivity index (χ2n) is 30.4. The van der Waals surface area contributed by atoms with Crippen LogP contribution in [0.15, 0.2) is 77.5 Å². The summed E-state index contributed by atoms with van der Waals surface area (Å²) in [6.45, 7) is -4.22. The zero-order valence-electron chi connectivity index (χ0n) is 62.4. The number of aliphatic hydroxyl groups excluding tert-OH is 19. The van der Waals surface area contributed by atoms with Crippen LogP contribution in [0.25, 0.3) is 32.3 Å². The van der Waals surface area contributed by atoms with Gasteiger partial charge in [0.25, 0.3) is 0 Å². The molecular weight excluding hydrogens is 1640 g/mol. The lowest BCUT2D eigenvalue weighted by atomic mass is 9.92. The van der Waals surface area contributed by atoms with Crippen molar-refractivity contribution in [2.24, 2.45) is 0 Å². The first-order valence-electron chi connectivity index (χ1n) is 38.4. The van der Waals surface area contributed by atoms with Crippen molar-refractivity contribution in [3.05, 3.63) is 104 Å². The summed E-state index contributed by atoms with van der Waals surface area (Å²) >= 11 is 5.09. The Balaban J connectivity index is 0.762. The van der Waals surface area contributed by atoms with Gasteiger partial charge in [-0.2, -0.15) is 23.5 Å². The van der Waals surface area contributed by atoms with E-state index in [4.69, 9.17) is 76.3 Å². The van der Waals surface area contributed by atoms with Gasteiger partial charge in [0, 0.05) is 73.5 Å². The van der Waals surface area contributed by atoms with Crippen molar-refractivity contribution in [3.63, 3.8) is 0 Å². The van der Waals surface area contributed by atoms with Crippen LogP contribution in [0.3, 0.4) is 0 Å². The molecule has 23 N–H and O–H groups in total. The first-order chi connectivity index (χ1) is 56.9. The Morgan fingerprint density at radius 3 is 1.00 bits per heavy atom. The molecule has 24 aliphatic heterocycles. The highest BCUT2D eigenvalue weighted by atomic mass is 32.2. The van der Waals surface area contributed by atoms with E-state index >= 15 is 0 Å². The average molecular weight is 1740 g/mol. The molecule has 0 aliphatic carbocycles. The second kappa shape index (κ2) is 37.0. The summed E-state index contributed by atoms with van der Waals surface area (Å²) in [5.74, 6) is 0.101. The summed E-state index contributed by atoms with van der Waals surface area (Å²) < 4.78 is 85.3. The van der Waals surface area contributed by atoms with Gasteiger partial charge in [-0.1, -0.05) is 36.4 Å². The van der Waals surface area contributed by atoms with Crippen LogP contribution in [-0.2, 0) is 97.5 Å². The molecule has 21 fully saturated rings. The number of thiazole rings is 2. The first-order valence-corrected chi connectivity index (χ1v) is 42.5.